The van der Waals surface area contributed by atoms with Crippen LogP contribution in [-0.2, 0) is 0 Å². The van der Waals surface area contributed by atoms with Gasteiger partial charge in [-0.2, -0.15) is 0 Å². The van der Waals surface area contributed by atoms with Gasteiger partial charge in [-0.3, -0.25) is 9.98 Å². The second kappa shape index (κ2) is 16.7. The van der Waals surface area contributed by atoms with Crippen molar-refractivity contribution in [2.75, 3.05) is 12.3 Å². The second-order valence-corrected chi connectivity index (χ2v) is 15.4. The maximum atomic E-state index is 5.36. The maximum Gasteiger partial charge on any atom is 0.101 e. The molecule has 0 spiro atoms. The Balaban J connectivity index is 1.34. The minimum atomic E-state index is -0.580. The highest BCUT2D eigenvalue weighted by Crippen LogP contribution is 2.38. The second-order valence-electron chi connectivity index (χ2n) is 10.9. The largest absolute Gasteiger partial charge is 0.286 e. The van der Waals surface area contributed by atoms with E-state index in [9.17, 15) is 0 Å². The number of benzene rings is 6. The molecule has 0 aliphatic carbocycles. The lowest BCUT2D eigenvalue weighted by atomic mass is 9.94. The number of aliphatic imine (C=N–C) groups is 2. The van der Waals surface area contributed by atoms with Crippen LogP contribution < -0.4 is 21.2 Å². The van der Waals surface area contributed by atoms with Crippen molar-refractivity contribution in [2.45, 2.75) is 12.1 Å². The lowest BCUT2D eigenvalue weighted by Crippen LogP contribution is -2.16. The average molecular weight is 633 g/mol. The Morgan fingerprint density at radius 2 is 0.587 bits per heavy atom. The third-order valence-electron chi connectivity index (χ3n) is 7.91. The minimum Gasteiger partial charge on any atom is -0.286 e. The van der Waals surface area contributed by atoms with Crippen LogP contribution in [0.5, 0.6) is 0 Å². The highest BCUT2D eigenvalue weighted by atomic mass is 31.1. The first-order valence-corrected chi connectivity index (χ1v) is 18.8. The fourth-order valence-corrected chi connectivity index (χ4v) is 9.72. The van der Waals surface area contributed by atoms with Crippen LogP contribution in [0.4, 0.5) is 0 Å². The molecule has 0 saturated carbocycles. The highest BCUT2D eigenvalue weighted by Gasteiger charge is 2.24. The van der Waals surface area contributed by atoms with Crippen molar-refractivity contribution in [1.29, 1.82) is 0 Å². The molecule has 0 N–H and O–H groups in total. The zero-order valence-electron chi connectivity index (χ0n) is 25.8. The molecule has 0 amide bonds. The van der Waals surface area contributed by atoms with Gasteiger partial charge in [-0.05, 0) is 48.2 Å². The topological polar surface area (TPSA) is 24.7 Å². The third-order valence-corrected chi connectivity index (χ3v) is 12.7. The summed E-state index contributed by atoms with van der Waals surface area (Å²) in [6.45, 7) is 0. The molecule has 0 aliphatic heterocycles. The SMILES string of the molecule is C(CP(c1ccccc1)c1ccccc1)=N[C@H](c1ccccc1)[C@H](N=CCP(c1ccccc1)c1ccccc1)c1ccccc1. The van der Waals surface area contributed by atoms with Crippen molar-refractivity contribution in [3.8, 4) is 0 Å². The summed E-state index contributed by atoms with van der Waals surface area (Å²) >= 11 is 0. The Morgan fingerprint density at radius 1 is 0.348 bits per heavy atom. The Hall–Kier alpha value is -4.48. The molecule has 4 heteroatoms. The molecule has 6 aromatic rings. The molecule has 2 atom stereocenters. The molecule has 0 aliphatic rings. The Labute approximate surface area is 276 Å². The van der Waals surface area contributed by atoms with E-state index < -0.39 is 15.8 Å². The van der Waals surface area contributed by atoms with Gasteiger partial charge in [0.25, 0.3) is 0 Å². The van der Waals surface area contributed by atoms with Gasteiger partial charge in [0.15, 0.2) is 0 Å². The minimum absolute atomic E-state index is 0.150. The summed E-state index contributed by atoms with van der Waals surface area (Å²) in [5, 5.41) is 5.44. The van der Waals surface area contributed by atoms with Crippen LogP contribution in [0, 0.1) is 0 Å². The van der Waals surface area contributed by atoms with Crippen LogP contribution in [0.15, 0.2) is 192 Å². The summed E-state index contributed by atoms with van der Waals surface area (Å²) in [7, 11) is -1.16. The molecule has 6 rings (SSSR count). The Kier molecular flexibility index (Phi) is 11.5. The maximum absolute atomic E-state index is 5.36. The van der Waals surface area contributed by atoms with Crippen LogP contribution in [0.1, 0.15) is 23.2 Å². The number of hydrogen-bond acceptors (Lipinski definition) is 2. The summed E-state index contributed by atoms with van der Waals surface area (Å²) in [6.07, 6.45) is 6.06. The van der Waals surface area contributed by atoms with Crippen LogP contribution in [0.2, 0.25) is 0 Å². The molecule has 6 aromatic carbocycles. The molecule has 0 unspecified atom stereocenters. The molecule has 0 heterocycles. The van der Waals surface area contributed by atoms with Crippen LogP contribution in [0.25, 0.3) is 0 Å². The van der Waals surface area contributed by atoms with Gasteiger partial charge >= 0.3 is 0 Å². The Morgan fingerprint density at radius 3 is 0.848 bits per heavy atom. The molecule has 2 nitrogen and oxygen atoms in total. The van der Waals surface area contributed by atoms with Gasteiger partial charge in [-0.1, -0.05) is 182 Å². The van der Waals surface area contributed by atoms with Gasteiger partial charge < -0.3 is 0 Å². The average Bonchev–Trinajstić information content (AvgIpc) is 3.14. The van der Waals surface area contributed by atoms with Crippen LogP contribution >= 0.6 is 15.8 Å². The molecule has 0 aromatic heterocycles. The van der Waals surface area contributed by atoms with Crippen molar-refractivity contribution in [3.63, 3.8) is 0 Å². The van der Waals surface area contributed by atoms with Crippen molar-refractivity contribution >= 4 is 49.5 Å². The Bertz CT molecular complexity index is 1560. The first-order valence-electron chi connectivity index (χ1n) is 15.8. The predicted molar refractivity (Wildman–Crippen MR) is 203 cm³/mol. The van der Waals surface area contributed by atoms with Crippen LogP contribution in [-0.4, -0.2) is 24.8 Å². The van der Waals surface area contributed by atoms with Gasteiger partial charge in [0.05, 0.1) is 0 Å². The smallest absolute Gasteiger partial charge is 0.101 e. The van der Waals surface area contributed by atoms with E-state index >= 15 is 0 Å². The van der Waals surface area contributed by atoms with Gasteiger partial charge in [-0.15, -0.1) is 0 Å². The first kappa shape index (κ1) is 31.5. The quantitative estimate of drug-likeness (QED) is 0.0898. The number of rotatable bonds is 13. The van der Waals surface area contributed by atoms with Gasteiger partial charge in [0.2, 0.25) is 0 Å². The van der Waals surface area contributed by atoms with E-state index in [1.54, 1.807) is 0 Å². The summed E-state index contributed by atoms with van der Waals surface area (Å²) < 4.78 is 0. The predicted octanol–water partition coefficient (Wildman–Crippen LogP) is 8.88. The number of nitrogens with zero attached hydrogens (tertiary/aromatic N) is 2. The summed E-state index contributed by atoms with van der Waals surface area (Å²) in [5.41, 5.74) is 2.34. The third kappa shape index (κ3) is 8.41. The fraction of sp³-hybridized carbons (Fsp3) is 0.0952. The summed E-state index contributed by atoms with van der Waals surface area (Å²) in [4.78, 5) is 10.7. The monoisotopic (exact) mass is 632 g/mol. The molecule has 0 fully saturated rings. The van der Waals surface area contributed by atoms with Crippen molar-refractivity contribution < 1.29 is 0 Å². The van der Waals surface area contributed by atoms with E-state index in [2.05, 4.69) is 194 Å². The van der Waals surface area contributed by atoms with Crippen LogP contribution in [0.3, 0.4) is 0 Å². The van der Waals surface area contributed by atoms with E-state index in [-0.39, 0.29) is 12.1 Å². The zero-order valence-corrected chi connectivity index (χ0v) is 27.6. The van der Waals surface area contributed by atoms with Gasteiger partial charge in [-0.25, -0.2) is 0 Å². The zero-order chi connectivity index (χ0) is 31.2. The van der Waals surface area contributed by atoms with Crippen molar-refractivity contribution in [2.24, 2.45) is 9.98 Å². The van der Waals surface area contributed by atoms with Crippen molar-refractivity contribution in [1.82, 2.24) is 0 Å². The van der Waals surface area contributed by atoms with E-state index in [0.717, 1.165) is 12.3 Å². The van der Waals surface area contributed by atoms with E-state index in [1.165, 1.54) is 32.3 Å². The molecule has 226 valence electrons. The molecule has 0 bridgehead atoms. The van der Waals surface area contributed by atoms with Crippen molar-refractivity contribution in [3.05, 3.63) is 193 Å². The molecular formula is C42H38N2P2. The summed E-state index contributed by atoms with van der Waals surface area (Å²) in [6, 6.07) is 64.4. The molecule has 0 saturated heterocycles. The lowest BCUT2D eigenvalue weighted by Gasteiger charge is -2.23. The lowest BCUT2D eigenvalue weighted by molar-refractivity contribution is 0.583. The molecule has 0 radical (unpaired) electrons. The number of hydrogen-bond donors (Lipinski definition) is 0. The van der Waals surface area contributed by atoms with E-state index in [4.69, 9.17) is 9.98 Å². The highest BCUT2D eigenvalue weighted by molar-refractivity contribution is 7.74. The first-order chi connectivity index (χ1) is 22.9. The normalized spacial score (nSPS) is 13.0. The molecule has 46 heavy (non-hydrogen) atoms. The van der Waals surface area contributed by atoms with Gasteiger partial charge in [0.1, 0.15) is 12.1 Å². The molecular weight excluding hydrogens is 594 g/mol. The van der Waals surface area contributed by atoms with E-state index in [1.807, 2.05) is 0 Å². The standard InChI is InChI=1S/C42H38N2P2/c1-7-19-35(20-8-1)41(43-31-33-45(37-23-11-3-12-24-37)38-25-13-4-14-26-38)42(36-21-9-2-10-22-36)44-32-34-46(39-27-15-5-16-28-39)40-29-17-6-18-30-40/h1-32,41-42H,33-34H2/t41-,42-/m1/s1. The summed E-state index contributed by atoms with van der Waals surface area (Å²) in [5.74, 6) is 0. The van der Waals surface area contributed by atoms with Gasteiger partial charge in [0, 0.05) is 24.8 Å². The fourth-order valence-electron chi connectivity index (χ4n) is 5.64. The van der Waals surface area contributed by atoms with E-state index in [0.29, 0.717) is 0 Å².